The van der Waals surface area contributed by atoms with Crippen LogP contribution in [0.25, 0.3) is 0 Å². The average Bonchev–Trinajstić information content (AvgIpc) is 2.61. The highest BCUT2D eigenvalue weighted by Crippen LogP contribution is 2.18. The van der Waals surface area contributed by atoms with Gasteiger partial charge in [-0.1, -0.05) is 6.07 Å². The number of nitrogens with one attached hydrogen (secondary N) is 2. The molecule has 1 fully saturated rings. The van der Waals surface area contributed by atoms with E-state index >= 15 is 0 Å². The normalized spacial score (nSPS) is 14.7. The Balaban J connectivity index is 1.67. The lowest BCUT2D eigenvalue weighted by Gasteiger charge is -2.27. The Bertz CT molecular complexity index is 878. The summed E-state index contributed by atoms with van der Waals surface area (Å²) < 4.78 is 25.0. The molecule has 1 saturated heterocycles. The van der Waals surface area contributed by atoms with Crippen LogP contribution in [0.1, 0.15) is 29.8 Å². The number of anilines is 3. The molecule has 0 saturated carbocycles. The molecule has 0 radical (unpaired) electrons. The summed E-state index contributed by atoms with van der Waals surface area (Å²) in [6.45, 7) is 1.92. The van der Waals surface area contributed by atoms with Crippen molar-refractivity contribution in [1.29, 1.82) is 0 Å². The number of hydrogen-bond donors (Lipinski definition) is 2. The van der Waals surface area contributed by atoms with Gasteiger partial charge in [-0.3, -0.25) is 9.52 Å². The molecule has 0 spiro atoms. The molecule has 0 aliphatic carbocycles. The lowest BCUT2D eigenvalue weighted by molar-refractivity contribution is 0.102. The van der Waals surface area contributed by atoms with E-state index < -0.39 is 15.9 Å². The van der Waals surface area contributed by atoms with Gasteiger partial charge in [0.2, 0.25) is 10.0 Å². The molecule has 0 unspecified atom stereocenters. The molecular weight excluding hydrogens is 354 g/mol. The van der Waals surface area contributed by atoms with Gasteiger partial charge in [0.15, 0.2) is 11.5 Å². The number of aromatic nitrogens is 2. The zero-order valence-electron chi connectivity index (χ0n) is 14.5. The van der Waals surface area contributed by atoms with E-state index in [0.717, 1.165) is 38.0 Å². The molecule has 8 nitrogen and oxygen atoms in total. The molecule has 26 heavy (non-hydrogen) atoms. The molecule has 2 aromatic rings. The summed E-state index contributed by atoms with van der Waals surface area (Å²) in [5.74, 6) is 0.375. The van der Waals surface area contributed by atoms with Crippen molar-refractivity contribution in [2.24, 2.45) is 0 Å². The number of amides is 1. The van der Waals surface area contributed by atoms with Crippen LogP contribution < -0.4 is 14.9 Å². The molecule has 1 aromatic carbocycles. The number of piperidine rings is 1. The van der Waals surface area contributed by atoms with Crippen molar-refractivity contribution >= 4 is 33.1 Å². The predicted octanol–water partition coefficient (Wildman–Crippen LogP) is 2.09. The maximum atomic E-state index is 12.3. The molecule has 3 rings (SSSR count). The van der Waals surface area contributed by atoms with Crippen molar-refractivity contribution in [3.05, 3.63) is 42.1 Å². The molecule has 2 heterocycles. The summed E-state index contributed by atoms with van der Waals surface area (Å²) in [6.07, 6.45) is 4.58. The van der Waals surface area contributed by atoms with Crippen LogP contribution in [0.4, 0.5) is 17.2 Å². The predicted molar refractivity (Wildman–Crippen MR) is 101 cm³/mol. The lowest BCUT2D eigenvalue weighted by Crippen LogP contribution is -2.30. The Morgan fingerprint density at radius 3 is 2.42 bits per heavy atom. The lowest BCUT2D eigenvalue weighted by atomic mass is 10.1. The van der Waals surface area contributed by atoms with Gasteiger partial charge in [0, 0.05) is 18.8 Å². The number of hydrogen-bond acceptors (Lipinski definition) is 6. The van der Waals surface area contributed by atoms with Crippen molar-refractivity contribution in [3.63, 3.8) is 0 Å². The van der Waals surface area contributed by atoms with E-state index in [1.165, 1.54) is 12.5 Å². The summed E-state index contributed by atoms with van der Waals surface area (Å²) in [7, 11) is -3.38. The van der Waals surface area contributed by atoms with Gasteiger partial charge >= 0.3 is 0 Å². The van der Waals surface area contributed by atoms with E-state index in [-0.39, 0.29) is 5.69 Å². The Morgan fingerprint density at radius 1 is 1.04 bits per heavy atom. The van der Waals surface area contributed by atoms with Gasteiger partial charge in [-0.05, 0) is 49.6 Å². The molecule has 2 N–H and O–H groups in total. The van der Waals surface area contributed by atoms with Crippen LogP contribution in [0.3, 0.4) is 0 Å². The van der Waals surface area contributed by atoms with E-state index in [1.807, 2.05) is 0 Å². The van der Waals surface area contributed by atoms with Gasteiger partial charge < -0.3 is 10.2 Å². The zero-order valence-corrected chi connectivity index (χ0v) is 15.3. The van der Waals surface area contributed by atoms with Gasteiger partial charge in [0.25, 0.3) is 5.91 Å². The fraction of sp³-hybridized carbons (Fsp3) is 0.353. The fourth-order valence-electron chi connectivity index (χ4n) is 2.81. The first-order chi connectivity index (χ1) is 12.4. The molecule has 1 aliphatic heterocycles. The van der Waals surface area contributed by atoms with Gasteiger partial charge in [-0.2, -0.15) is 0 Å². The monoisotopic (exact) mass is 375 g/mol. The van der Waals surface area contributed by atoms with E-state index in [2.05, 4.69) is 25.1 Å². The topological polar surface area (TPSA) is 104 Å². The highest BCUT2D eigenvalue weighted by atomic mass is 32.2. The minimum Gasteiger partial charge on any atom is -0.355 e. The molecule has 138 valence electrons. The average molecular weight is 375 g/mol. The zero-order chi connectivity index (χ0) is 18.6. The van der Waals surface area contributed by atoms with E-state index in [0.29, 0.717) is 11.4 Å². The highest BCUT2D eigenvalue weighted by Gasteiger charge is 2.14. The number of benzene rings is 1. The molecule has 1 aliphatic rings. The molecule has 1 amide bonds. The van der Waals surface area contributed by atoms with Crippen molar-refractivity contribution in [1.82, 2.24) is 10.2 Å². The summed E-state index contributed by atoms with van der Waals surface area (Å²) in [5, 5.41) is 10.9. The van der Waals surface area contributed by atoms with Crippen molar-refractivity contribution in [2.45, 2.75) is 19.3 Å². The maximum absolute atomic E-state index is 12.3. The van der Waals surface area contributed by atoms with E-state index in [9.17, 15) is 13.2 Å². The quantitative estimate of drug-likeness (QED) is 0.829. The first-order valence-corrected chi connectivity index (χ1v) is 10.3. The Hall–Kier alpha value is -2.68. The van der Waals surface area contributed by atoms with Crippen LogP contribution in [0.2, 0.25) is 0 Å². The number of nitrogens with zero attached hydrogens (tertiary/aromatic N) is 3. The van der Waals surface area contributed by atoms with Gasteiger partial charge in [0.1, 0.15) is 0 Å². The minimum atomic E-state index is -3.38. The van der Waals surface area contributed by atoms with Crippen molar-refractivity contribution in [3.8, 4) is 0 Å². The molecule has 0 bridgehead atoms. The maximum Gasteiger partial charge on any atom is 0.276 e. The SMILES string of the molecule is CS(=O)(=O)Nc1cccc(NC(=O)c2ccc(N3CCCCC3)nn2)c1. The standard InChI is InChI=1S/C17H21N5O3S/c1-26(24,25)21-14-7-5-6-13(12-14)18-17(23)15-8-9-16(20-19-15)22-10-3-2-4-11-22/h5-9,12,21H,2-4,10-11H2,1H3,(H,18,23). The third kappa shape index (κ3) is 4.92. The van der Waals surface area contributed by atoms with Crippen LogP contribution >= 0.6 is 0 Å². The largest absolute Gasteiger partial charge is 0.355 e. The Labute approximate surface area is 152 Å². The first-order valence-electron chi connectivity index (χ1n) is 8.39. The summed E-state index contributed by atoms with van der Waals surface area (Å²) in [4.78, 5) is 14.5. The fourth-order valence-corrected chi connectivity index (χ4v) is 3.36. The number of carbonyl (C=O) groups is 1. The number of rotatable bonds is 5. The Kier molecular flexibility index (Phi) is 5.36. The summed E-state index contributed by atoms with van der Waals surface area (Å²) >= 11 is 0. The smallest absolute Gasteiger partial charge is 0.276 e. The summed E-state index contributed by atoms with van der Waals surface area (Å²) in [5.41, 5.74) is 1.04. The third-order valence-electron chi connectivity index (χ3n) is 3.99. The second-order valence-electron chi connectivity index (χ2n) is 6.23. The highest BCUT2D eigenvalue weighted by molar-refractivity contribution is 7.92. The second-order valence-corrected chi connectivity index (χ2v) is 7.98. The first kappa shape index (κ1) is 18.1. The van der Waals surface area contributed by atoms with Crippen molar-refractivity contribution < 1.29 is 13.2 Å². The van der Waals surface area contributed by atoms with E-state index in [1.54, 1.807) is 30.3 Å². The van der Waals surface area contributed by atoms with Crippen LogP contribution in [0, 0.1) is 0 Å². The number of carbonyl (C=O) groups excluding carboxylic acids is 1. The third-order valence-corrected chi connectivity index (χ3v) is 4.59. The molecule has 0 atom stereocenters. The minimum absolute atomic E-state index is 0.201. The van der Waals surface area contributed by atoms with Crippen LogP contribution in [-0.2, 0) is 10.0 Å². The Morgan fingerprint density at radius 2 is 1.77 bits per heavy atom. The van der Waals surface area contributed by atoms with Crippen LogP contribution in [-0.4, -0.2) is 43.9 Å². The van der Waals surface area contributed by atoms with E-state index in [4.69, 9.17) is 0 Å². The van der Waals surface area contributed by atoms with Crippen LogP contribution in [0.5, 0.6) is 0 Å². The van der Waals surface area contributed by atoms with Crippen molar-refractivity contribution in [2.75, 3.05) is 34.3 Å². The van der Waals surface area contributed by atoms with Gasteiger partial charge in [0.05, 0.1) is 11.9 Å². The van der Waals surface area contributed by atoms with Gasteiger partial charge in [-0.25, -0.2) is 8.42 Å². The molecular formula is C17H21N5O3S. The molecule has 9 heteroatoms. The van der Waals surface area contributed by atoms with Crippen LogP contribution in [0.15, 0.2) is 36.4 Å². The summed E-state index contributed by atoms with van der Waals surface area (Å²) in [6, 6.07) is 9.90. The molecule has 1 aromatic heterocycles. The number of sulfonamides is 1. The second kappa shape index (κ2) is 7.69. The van der Waals surface area contributed by atoms with Gasteiger partial charge in [-0.15, -0.1) is 10.2 Å².